The van der Waals surface area contributed by atoms with Crippen molar-refractivity contribution in [3.05, 3.63) is 42.0 Å². The molecule has 0 unspecified atom stereocenters. The van der Waals surface area contributed by atoms with Crippen molar-refractivity contribution in [3.8, 4) is 11.5 Å². The van der Waals surface area contributed by atoms with Gasteiger partial charge in [-0.25, -0.2) is 4.98 Å². The van der Waals surface area contributed by atoms with Crippen LogP contribution in [0.4, 0.5) is 0 Å². The van der Waals surface area contributed by atoms with Gasteiger partial charge >= 0.3 is 0 Å². The van der Waals surface area contributed by atoms with Gasteiger partial charge in [0.2, 0.25) is 0 Å². The highest BCUT2D eigenvalue weighted by atomic mass is 16.5. The number of hydrogen-bond acceptors (Lipinski definition) is 4. The van der Waals surface area contributed by atoms with Crippen LogP contribution in [0.5, 0.6) is 11.5 Å². The smallest absolute Gasteiger partial charge is 0.161 e. The molecule has 0 spiro atoms. The largest absolute Gasteiger partial charge is 0.493 e. The van der Waals surface area contributed by atoms with E-state index in [0.717, 1.165) is 55.2 Å². The number of aryl methyl sites for hydroxylation is 1. The van der Waals surface area contributed by atoms with Gasteiger partial charge in [0.1, 0.15) is 5.82 Å². The third kappa shape index (κ3) is 3.98. The predicted molar refractivity (Wildman–Crippen MR) is 82.9 cm³/mol. The minimum atomic E-state index is 0.736. The number of imidazole rings is 1. The second-order valence-corrected chi connectivity index (χ2v) is 4.90. The lowest BCUT2D eigenvalue weighted by Gasteiger charge is -2.11. The summed E-state index contributed by atoms with van der Waals surface area (Å²) in [6.07, 6.45) is 6.75. The van der Waals surface area contributed by atoms with E-state index in [1.165, 1.54) is 0 Å². The lowest BCUT2D eigenvalue weighted by Crippen LogP contribution is -2.06. The lowest BCUT2D eigenvalue weighted by molar-refractivity contribution is 0.354. The number of ether oxygens (including phenoxy) is 2. The van der Waals surface area contributed by atoms with Gasteiger partial charge in [-0.1, -0.05) is 6.07 Å². The minimum Gasteiger partial charge on any atom is -0.493 e. The van der Waals surface area contributed by atoms with E-state index >= 15 is 0 Å². The van der Waals surface area contributed by atoms with Crippen LogP contribution in [-0.2, 0) is 13.0 Å². The summed E-state index contributed by atoms with van der Waals surface area (Å²) >= 11 is 0. The molecule has 0 fully saturated rings. The molecule has 0 radical (unpaired) electrons. The molecule has 0 atom stereocenters. The van der Waals surface area contributed by atoms with E-state index in [4.69, 9.17) is 15.2 Å². The first-order chi connectivity index (χ1) is 10.3. The van der Waals surface area contributed by atoms with Crippen LogP contribution >= 0.6 is 0 Å². The molecule has 0 amide bonds. The average molecular weight is 289 g/mol. The lowest BCUT2D eigenvalue weighted by atomic mass is 10.1. The molecule has 0 aliphatic rings. The number of rotatable bonds is 8. The zero-order chi connectivity index (χ0) is 15.1. The Bertz CT molecular complexity index is 566. The van der Waals surface area contributed by atoms with Crippen molar-refractivity contribution in [3.63, 3.8) is 0 Å². The maximum absolute atomic E-state index is 5.54. The molecule has 5 nitrogen and oxygen atoms in total. The van der Waals surface area contributed by atoms with Crippen molar-refractivity contribution in [1.29, 1.82) is 0 Å². The minimum absolute atomic E-state index is 0.736. The topological polar surface area (TPSA) is 62.3 Å². The number of nitrogens with zero attached hydrogens (tertiary/aromatic N) is 2. The normalized spacial score (nSPS) is 10.6. The second kappa shape index (κ2) is 7.69. The maximum atomic E-state index is 5.54. The Morgan fingerprint density at radius 3 is 2.67 bits per heavy atom. The van der Waals surface area contributed by atoms with Gasteiger partial charge in [0.15, 0.2) is 11.5 Å². The van der Waals surface area contributed by atoms with Gasteiger partial charge in [0.25, 0.3) is 0 Å². The molecule has 21 heavy (non-hydrogen) atoms. The summed E-state index contributed by atoms with van der Waals surface area (Å²) in [6, 6.07) is 5.97. The summed E-state index contributed by atoms with van der Waals surface area (Å²) < 4.78 is 12.8. The highest BCUT2D eigenvalue weighted by Gasteiger charge is 2.08. The number of methoxy groups -OCH3 is 2. The first-order valence-corrected chi connectivity index (χ1v) is 7.19. The number of benzene rings is 1. The van der Waals surface area contributed by atoms with Gasteiger partial charge in [-0.05, 0) is 37.1 Å². The molecule has 0 aliphatic carbocycles. The van der Waals surface area contributed by atoms with Gasteiger partial charge in [0.05, 0.1) is 14.2 Å². The quantitative estimate of drug-likeness (QED) is 0.757. The highest BCUT2D eigenvalue weighted by Crippen LogP contribution is 2.28. The first kappa shape index (κ1) is 15.4. The third-order valence-corrected chi connectivity index (χ3v) is 3.47. The fourth-order valence-electron chi connectivity index (χ4n) is 2.31. The first-order valence-electron chi connectivity index (χ1n) is 7.19. The van der Waals surface area contributed by atoms with Crippen molar-refractivity contribution in [2.45, 2.75) is 25.8 Å². The summed E-state index contributed by atoms with van der Waals surface area (Å²) in [5, 5.41) is 0. The van der Waals surface area contributed by atoms with Crippen LogP contribution in [0.25, 0.3) is 0 Å². The summed E-state index contributed by atoms with van der Waals surface area (Å²) in [6.45, 7) is 1.69. The summed E-state index contributed by atoms with van der Waals surface area (Å²) in [5.41, 5.74) is 6.69. The van der Waals surface area contributed by atoms with Crippen LogP contribution in [0.3, 0.4) is 0 Å². The Balaban J connectivity index is 2.09. The fraction of sp³-hybridized carbons (Fsp3) is 0.438. The molecule has 0 aliphatic heterocycles. The summed E-state index contributed by atoms with van der Waals surface area (Å²) in [5.74, 6) is 2.54. The number of unbranched alkanes of at least 4 members (excludes halogenated alkanes) is 1. The Labute approximate surface area is 125 Å². The zero-order valence-corrected chi connectivity index (χ0v) is 12.7. The molecule has 2 aromatic rings. The van der Waals surface area contributed by atoms with E-state index in [1.54, 1.807) is 14.2 Å². The van der Waals surface area contributed by atoms with Gasteiger partial charge in [-0.2, -0.15) is 0 Å². The molecule has 1 heterocycles. The van der Waals surface area contributed by atoms with Gasteiger partial charge in [-0.3, -0.25) is 0 Å². The highest BCUT2D eigenvalue weighted by molar-refractivity contribution is 5.43. The summed E-state index contributed by atoms with van der Waals surface area (Å²) in [4.78, 5) is 4.45. The van der Waals surface area contributed by atoms with Crippen molar-refractivity contribution < 1.29 is 9.47 Å². The molecule has 0 saturated carbocycles. The number of aromatic nitrogens is 2. The van der Waals surface area contributed by atoms with Crippen molar-refractivity contribution >= 4 is 0 Å². The molecule has 0 saturated heterocycles. The molecule has 5 heteroatoms. The molecular formula is C16H23N3O2. The van der Waals surface area contributed by atoms with Crippen LogP contribution in [0.2, 0.25) is 0 Å². The molecule has 1 aromatic carbocycles. The average Bonchev–Trinajstić information content (AvgIpc) is 2.94. The van der Waals surface area contributed by atoms with E-state index in [0.29, 0.717) is 0 Å². The standard InChI is InChI=1S/C16H23N3O2/c1-20-14-6-5-13(11-15(14)21-2)12-16-18-8-10-19(16)9-4-3-7-17/h5-6,8,10-11H,3-4,7,9,12,17H2,1-2H3. The van der Waals surface area contributed by atoms with Gasteiger partial charge in [0, 0.05) is 25.4 Å². The van der Waals surface area contributed by atoms with Crippen molar-refractivity contribution in [2.24, 2.45) is 5.73 Å². The van der Waals surface area contributed by atoms with Crippen LogP contribution < -0.4 is 15.2 Å². The van der Waals surface area contributed by atoms with Crippen LogP contribution in [0.15, 0.2) is 30.6 Å². The van der Waals surface area contributed by atoms with Crippen LogP contribution in [0, 0.1) is 0 Å². The monoisotopic (exact) mass is 289 g/mol. The van der Waals surface area contributed by atoms with Crippen molar-refractivity contribution in [1.82, 2.24) is 9.55 Å². The Kier molecular flexibility index (Phi) is 5.63. The SMILES string of the molecule is COc1ccc(Cc2nccn2CCCCN)cc1OC. The molecule has 2 N–H and O–H groups in total. The van der Waals surface area contributed by atoms with E-state index in [1.807, 2.05) is 30.6 Å². The van der Waals surface area contributed by atoms with Crippen LogP contribution in [0.1, 0.15) is 24.2 Å². The molecular weight excluding hydrogens is 266 g/mol. The number of nitrogens with two attached hydrogens (primary N) is 1. The predicted octanol–water partition coefficient (Wildman–Crippen LogP) is 2.23. The van der Waals surface area contributed by atoms with E-state index in [-0.39, 0.29) is 0 Å². The second-order valence-electron chi connectivity index (χ2n) is 4.90. The van der Waals surface area contributed by atoms with Gasteiger partial charge < -0.3 is 19.8 Å². The molecule has 114 valence electrons. The fourth-order valence-corrected chi connectivity index (χ4v) is 2.31. The van der Waals surface area contributed by atoms with Gasteiger partial charge in [-0.15, -0.1) is 0 Å². The Morgan fingerprint density at radius 2 is 1.95 bits per heavy atom. The number of hydrogen-bond donors (Lipinski definition) is 1. The Morgan fingerprint density at radius 1 is 1.14 bits per heavy atom. The maximum Gasteiger partial charge on any atom is 0.161 e. The zero-order valence-electron chi connectivity index (χ0n) is 12.7. The van der Waals surface area contributed by atoms with Crippen molar-refractivity contribution in [2.75, 3.05) is 20.8 Å². The molecule has 0 bridgehead atoms. The molecule has 2 rings (SSSR count). The van der Waals surface area contributed by atoms with E-state index in [2.05, 4.69) is 9.55 Å². The Hall–Kier alpha value is -2.01. The third-order valence-electron chi connectivity index (χ3n) is 3.47. The van der Waals surface area contributed by atoms with Crippen LogP contribution in [-0.4, -0.2) is 30.3 Å². The van der Waals surface area contributed by atoms with E-state index in [9.17, 15) is 0 Å². The summed E-state index contributed by atoms with van der Waals surface area (Å²) in [7, 11) is 3.29. The molecule has 1 aromatic heterocycles. The van der Waals surface area contributed by atoms with E-state index < -0.39 is 0 Å².